The van der Waals surface area contributed by atoms with Crippen LogP contribution < -0.4 is 10.9 Å². The third-order valence-corrected chi connectivity index (χ3v) is 6.03. The second-order valence-electron chi connectivity index (χ2n) is 6.67. The van der Waals surface area contributed by atoms with Gasteiger partial charge in [-0.2, -0.15) is 0 Å². The first-order chi connectivity index (χ1) is 13.6. The number of nitrogens with zero attached hydrogens (tertiary/aromatic N) is 1. The third-order valence-electron chi connectivity index (χ3n) is 4.87. The number of carbonyl (C=O) groups excluding carboxylic acids is 2. The molecule has 0 saturated carbocycles. The molecule has 146 valence electrons. The van der Waals surface area contributed by atoms with Crippen LogP contribution in [0.1, 0.15) is 29.4 Å². The van der Waals surface area contributed by atoms with Gasteiger partial charge in [0.15, 0.2) is 0 Å². The number of hydrogen-bond acceptors (Lipinski definition) is 6. The lowest BCUT2D eigenvalue weighted by molar-refractivity contribution is 0.0863. The highest BCUT2D eigenvalue weighted by Crippen LogP contribution is 2.30. The van der Waals surface area contributed by atoms with Crippen LogP contribution >= 0.6 is 11.3 Å². The monoisotopic (exact) mass is 400 g/mol. The topological polar surface area (TPSA) is 88.9 Å². The Morgan fingerprint density at radius 2 is 2.00 bits per heavy atom. The number of nitrogens with one attached hydrogen (secondary N) is 1. The summed E-state index contributed by atoms with van der Waals surface area (Å²) < 4.78 is 11.1. The Balaban J connectivity index is 1.49. The van der Waals surface area contributed by atoms with Crippen LogP contribution in [-0.2, 0) is 4.74 Å². The smallest absolute Gasteiger partial charge is 0.409 e. The number of hydrogen-bond donors (Lipinski definition) is 1. The number of rotatable bonds is 3. The van der Waals surface area contributed by atoms with Crippen LogP contribution in [0.3, 0.4) is 0 Å². The molecule has 1 aromatic carbocycles. The van der Waals surface area contributed by atoms with E-state index in [4.69, 9.17) is 9.15 Å². The summed E-state index contributed by atoms with van der Waals surface area (Å²) in [6, 6.07) is 8.88. The normalized spacial score (nSPS) is 15.1. The van der Waals surface area contributed by atoms with Crippen molar-refractivity contribution in [3.05, 3.63) is 45.6 Å². The van der Waals surface area contributed by atoms with Gasteiger partial charge in [0.1, 0.15) is 5.58 Å². The Kier molecular flexibility index (Phi) is 5.04. The zero-order chi connectivity index (χ0) is 19.7. The van der Waals surface area contributed by atoms with Crippen LogP contribution in [0.4, 0.5) is 4.79 Å². The van der Waals surface area contributed by atoms with Gasteiger partial charge in [0.05, 0.1) is 21.6 Å². The van der Waals surface area contributed by atoms with Crippen molar-refractivity contribution in [1.29, 1.82) is 0 Å². The Labute approximate surface area is 164 Å². The summed E-state index contributed by atoms with van der Waals surface area (Å²) >= 11 is 1.29. The van der Waals surface area contributed by atoms with Crippen molar-refractivity contribution in [2.45, 2.75) is 25.8 Å². The van der Waals surface area contributed by atoms with E-state index in [1.165, 1.54) is 11.3 Å². The number of fused-ring (bicyclic) bond motifs is 3. The van der Waals surface area contributed by atoms with E-state index < -0.39 is 5.63 Å². The van der Waals surface area contributed by atoms with Gasteiger partial charge in [-0.15, -0.1) is 11.3 Å². The lowest BCUT2D eigenvalue weighted by atomic mass is 10.1. The maximum Gasteiger partial charge on any atom is 0.409 e. The van der Waals surface area contributed by atoms with Gasteiger partial charge < -0.3 is 19.4 Å². The van der Waals surface area contributed by atoms with Gasteiger partial charge in [0.2, 0.25) is 0 Å². The van der Waals surface area contributed by atoms with Gasteiger partial charge in [-0.25, -0.2) is 9.59 Å². The molecule has 2 aromatic heterocycles. The molecule has 0 unspecified atom stereocenters. The van der Waals surface area contributed by atoms with Gasteiger partial charge in [-0.3, -0.25) is 4.79 Å². The van der Waals surface area contributed by atoms with Crippen LogP contribution in [0.5, 0.6) is 0 Å². The highest BCUT2D eigenvalue weighted by molar-refractivity contribution is 7.21. The van der Waals surface area contributed by atoms with Crippen LogP contribution in [0.15, 0.2) is 39.5 Å². The Morgan fingerprint density at radius 1 is 1.25 bits per heavy atom. The largest absolute Gasteiger partial charge is 0.450 e. The summed E-state index contributed by atoms with van der Waals surface area (Å²) in [6.07, 6.45) is 1.02. The number of piperidine rings is 1. The summed E-state index contributed by atoms with van der Waals surface area (Å²) in [6.45, 7) is 3.22. The first-order valence-electron chi connectivity index (χ1n) is 9.24. The third kappa shape index (κ3) is 3.47. The van der Waals surface area contributed by atoms with E-state index >= 15 is 0 Å². The van der Waals surface area contributed by atoms with Crippen LogP contribution in [0.25, 0.3) is 21.1 Å². The first kappa shape index (κ1) is 18.5. The van der Waals surface area contributed by atoms with Crippen molar-refractivity contribution in [3.8, 4) is 0 Å². The molecule has 3 heterocycles. The van der Waals surface area contributed by atoms with E-state index in [-0.39, 0.29) is 18.0 Å². The molecule has 28 heavy (non-hydrogen) atoms. The molecule has 0 aliphatic carbocycles. The Bertz CT molecular complexity index is 1090. The second-order valence-corrected chi connectivity index (χ2v) is 7.73. The van der Waals surface area contributed by atoms with Crippen molar-refractivity contribution >= 4 is 44.4 Å². The van der Waals surface area contributed by atoms with Crippen molar-refractivity contribution in [3.63, 3.8) is 0 Å². The van der Waals surface area contributed by atoms with E-state index in [0.717, 1.165) is 10.1 Å². The molecule has 1 aliphatic heterocycles. The molecule has 4 rings (SSSR count). The van der Waals surface area contributed by atoms with Gasteiger partial charge in [0.25, 0.3) is 5.91 Å². The summed E-state index contributed by atoms with van der Waals surface area (Å²) in [5.41, 5.74) is 0.0758. The molecule has 0 atom stereocenters. The molecule has 7 nitrogen and oxygen atoms in total. The molecule has 0 spiro atoms. The molecule has 1 saturated heterocycles. The molecule has 8 heteroatoms. The summed E-state index contributed by atoms with van der Waals surface area (Å²) in [5.74, 6) is -0.209. The highest BCUT2D eigenvalue weighted by Gasteiger charge is 2.25. The fraction of sp³-hybridized carbons (Fsp3) is 0.350. The molecule has 1 fully saturated rings. The number of benzene rings is 1. The van der Waals surface area contributed by atoms with Crippen LogP contribution in [0, 0.1) is 0 Å². The van der Waals surface area contributed by atoms with E-state index in [1.54, 1.807) is 30.0 Å². The maximum absolute atomic E-state index is 12.7. The van der Waals surface area contributed by atoms with Crippen LogP contribution in [0.2, 0.25) is 0 Å². The van der Waals surface area contributed by atoms with E-state index in [2.05, 4.69) is 5.32 Å². The number of ether oxygens (including phenoxy) is 1. The molecule has 0 bridgehead atoms. The van der Waals surface area contributed by atoms with Crippen molar-refractivity contribution in [2.75, 3.05) is 19.7 Å². The average Bonchev–Trinajstić information content (AvgIpc) is 3.15. The lowest BCUT2D eigenvalue weighted by Crippen LogP contribution is -2.46. The van der Waals surface area contributed by atoms with Gasteiger partial charge in [-0.05, 0) is 38.0 Å². The number of likely N-dealkylation sites (tertiary alicyclic amines) is 1. The van der Waals surface area contributed by atoms with Crippen LogP contribution in [-0.4, -0.2) is 42.6 Å². The van der Waals surface area contributed by atoms with E-state index in [0.29, 0.717) is 48.4 Å². The SMILES string of the molecule is CCOC(=O)N1CCC(NC(=O)c2cc3c(=O)oc4ccccc4c3s2)CC1. The predicted octanol–water partition coefficient (Wildman–Crippen LogP) is 3.36. The fourth-order valence-corrected chi connectivity index (χ4v) is 4.51. The minimum Gasteiger partial charge on any atom is -0.450 e. The average molecular weight is 400 g/mol. The van der Waals surface area contributed by atoms with Crippen molar-refractivity contribution in [2.24, 2.45) is 0 Å². The highest BCUT2D eigenvalue weighted by atomic mass is 32.1. The molecule has 3 aromatic rings. The minimum absolute atomic E-state index is 0.0171. The van der Waals surface area contributed by atoms with Gasteiger partial charge in [-0.1, -0.05) is 12.1 Å². The summed E-state index contributed by atoms with van der Waals surface area (Å²) in [7, 11) is 0. The van der Waals surface area contributed by atoms with Crippen molar-refractivity contribution in [1.82, 2.24) is 10.2 Å². The van der Waals surface area contributed by atoms with Crippen molar-refractivity contribution < 1.29 is 18.7 Å². The summed E-state index contributed by atoms with van der Waals surface area (Å²) in [5, 5.41) is 4.26. The predicted molar refractivity (Wildman–Crippen MR) is 107 cm³/mol. The summed E-state index contributed by atoms with van der Waals surface area (Å²) in [4.78, 5) is 38.8. The fourth-order valence-electron chi connectivity index (χ4n) is 3.43. The van der Waals surface area contributed by atoms with Gasteiger partial charge >= 0.3 is 11.7 Å². The molecular formula is C20H20N2O5S. The first-order valence-corrected chi connectivity index (χ1v) is 10.1. The zero-order valence-corrected chi connectivity index (χ0v) is 16.2. The Morgan fingerprint density at radius 3 is 2.75 bits per heavy atom. The Hall–Kier alpha value is -2.87. The second kappa shape index (κ2) is 7.63. The zero-order valence-electron chi connectivity index (χ0n) is 15.4. The number of thiophene rings is 1. The molecule has 0 radical (unpaired) electrons. The number of para-hydroxylation sites is 1. The quantitative estimate of drug-likeness (QED) is 0.681. The molecule has 1 N–H and O–H groups in total. The minimum atomic E-state index is -0.438. The molecule has 1 aliphatic rings. The van der Waals surface area contributed by atoms with Gasteiger partial charge in [0, 0.05) is 24.5 Å². The number of amides is 2. The van der Waals surface area contributed by atoms with E-state index in [1.807, 2.05) is 12.1 Å². The standard InChI is InChI=1S/C20H20N2O5S/c1-2-26-20(25)22-9-7-12(8-10-22)21-18(23)16-11-14-17(28-16)13-5-3-4-6-15(13)27-19(14)24/h3-6,11-12H,2,7-10H2,1H3,(H,21,23). The van der Waals surface area contributed by atoms with E-state index in [9.17, 15) is 14.4 Å². The number of carbonyl (C=O) groups is 2. The molecule has 2 amide bonds. The molecular weight excluding hydrogens is 380 g/mol. The maximum atomic E-state index is 12.7. The lowest BCUT2D eigenvalue weighted by Gasteiger charge is -2.31.